The number of aromatic nitrogens is 1. The molecule has 0 spiro atoms. The maximum atomic E-state index is 12.7. The molecule has 148 valence electrons. The van der Waals surface area contributed by atoms with Gasteiger partial charge >= 0.3 is 11.8 Å². The molecule has 0 radical (unpaired) electrons. The van der Waals surface area contributed by atoms with Gasteiger partial charge in [-0.2, -0.15) is 0 Å². The molecule has 2 N–H and O–H groups in total. The molecule has 9 heteroatoms. The van der Waals surface area contributed by atoms with Gasteiger partial charge in [0.05, 0.1) is 5.52 Å². The second kappa shape index (κ2) is 6.81. The van der Waals surface area contributed by atoms with E-state index in [0.717, 1.165) is 0 Å². The van der Waals surface area contributed by atoms with E-state index >= 15 is 0 Å². The fourth-order valence-electron chi connectivity index (χ4n) is 4.35. The lowest BCUT2D eigenvalue weighted by molar-refractivity contribution is -0.134. The second-order valence-corrected chi connectivity index (χ2v) is 7.31. The molecule has 4 rings (SSSR count). The Morgan fingerprint density at radius 3 is 2.57 bits per heavy atom. The maximum absolute atomic E-state index is 12.7. The highest BCUT2D eigenvalue weighted by molar-refractivity contribution is 6.07. The van der Waals surface area contributed by atoms with E-state index in [1.165, 1.54) is 4.57 Å². The smallest absolute Gasteiger partial charge is 0.408 e. The van der Waals surface area contributed by atoms with Gasteiger partial charge < -0.3 is 14.6 Å². The molecule has 4 amide bonds. The highest BCUT2D eigenvalue weighted by Gasteiger charge is 2.51. The summed E-state index contributed by atoms with van der Waals surface area (Å²) in [6.45, 7) is 2.73. The van der Waals surface area contributed by atoms with Gasteiger partial charge in [-0.1, -0.05) is 19.1 Å². The van der Waals surface area contributed by atoms with Crippen molar-refractivity contribution in [2.24, 2.45) is 5.92 Å². The van der Waals surface area contributed by atoms with Gasteiger partial charge in [0.1, 0.15) is 12.1 Å². The monoisotopic (exact) mass is 386 g/mol. The van der Waals surface area contributed by atoms with E-state index in [0.29, 0.717) is 43.5 Å². The number of imide groups is 1. The Bertz CT molecular complexity index is 1000. The van der Waals surface area contributed by atoms with Crippen LogP contribution in [0, 0.1) is 5.92 Å². The highest BCUT2D eigenvalue weighted by atomic mass is 16.4. The van der Waals surface area contributed by atoms with Crippen LogP contribution in [0.5, 0.6) is 0 Å². The number of hydrogen-bond acceptors (Lipinski definition) is 5. The van der Waals surface area contributed by atoms with Gasteiger partial charge in [0.25, 0.3) is 5.91 Å². The quantitative estimate of drug-likeness (QED) is 0.756. The molecule has 2 aromatic rings. The van der Waals surface area contributed by atoms with Crippen LogP contribution in [0.15, 0.2) is 33.5 Å². The number of nitrogens with one attached hydrogen (secondary N) is 2. The normalized spacial score (nSPS) is 23.1. The number of carbonyl (C=O) groups is 3. The van der Waals surface area contributed by atoms with Crippen molar-refractivity contribution in [1.29, 1.82) is 0 Å². The zero-order chi connectivity index (χ0) is 19.9. The van der Waals surface area contributed by atoms with Crippen LogP contribution in [0.1, 0.15) is 26.2 Å². The number of urea groups is 1. The van der Waals surface area contributed by atoms with Crippen molar-refractivity contribution in [3.63, 3.8) is 0 Å². The minimum absolute atomic E-state index is 0.0366. The molecule has 0 saturated carbocycles. The standard InChI is InChI=1S/C19H22N4O5/c1-2-19(16(25)20-17(26)21-19)12-7-9-22(10-8-12)15(24)11-23-13-5-3-4-6-14(13)28-18(23)27/h3-6,12H,2,7-11H2,1H3,(H2,20,21,25,26)/t19-/m1/s1. The van der Waals surface area contributed by atoms with Crippen molar-refractivity contribution in [2.75, 3.05) is 13.1 Å². The number of likely N-dealkylation sites (tertiary alicyclic amines) is 1. The van der Waals surface area contributed by atoms with Crippen molar-refractivity contribution in [1.82, 2.24) is 20.1 Å². The molecule has 0 bridgehead atoms. The van der Waals surface area contributed by atoms with Gasteiger partial charge in [-0.15, -0.1) is 0 Å². The molecule has 0 unspecified atom stereocenters. The van der Waals surface area contributed by atoms with Crippen molar-refractivity contribution in [2.45, 2.75) is 38.3 Å². The fourth-order valence-corrected chi connectivity index (χ4v) is 4.35. The first-order chi connectivity index (χ1) is 13.4. The molecule has 1 atom stereocenters. The molecule has 2 aliphatic heterocycles. The van der Waals surface area contributed by atoms with E-state index in [1.54, 1.807) is 29.2 Å². The predicted molar refractivity (Wildman–Crippen MR) is 99.5 cm³/mol. The van der Waals surface area contributed by atoms with Crippen LogP contribution < -0.4 is 16.4 Å². The lowest BCUT2D eigenvalue weighted by atomic mass is 9.76. The number of hydrogen-bond donors (Lipinski definition) is 2. The number of oxazole rings is 1. The van der Waals surface area contributed by atoms with Gasteiger partial charge in [-0.25, -0.2) is 9.59 Å². The zero-order valence-electron chi connectivity index (χ0n) is 15.6. The Hall–Kier alpha value is -3.10. The molecule has 2 fully saturated rings. The minimum Gasteiger partial charge on any atom is -0.408 e. The van der Waals surface area contributed by atoms with Crippen LogP contribution in [0.2, 0.25) is 0 Å². The van der Waals surface area contributed by atoms with E-state index in [4.69, 9.17) is 4.42 Å². The molecule has 9 nitrogen and oxygen atoms in total. The molecule has 0 aliphatic carbocycles. The average Bonchev–Trinajstić information content (AvgIpc) is 3.17. The summed E-state index contributed by atoms with van der Waals surface area (Å²) < 4.78 is 6.51. The predicted octanol–water partition coefficient (Wildman–Crippen LogP) is 0.821. The maximum Gasteiger partial charge on any atom is 0.420 e. The van der Waals surface area contributed by atoms with Gasteiger partial charge in [0.15, 0.2) is 5.58 Å². The summed E-state index contributed by atoms with van der Waals surface area (Å²) in [4.78, 5) is 50.4. The van der Waals surface area contributed by atoms with Crippen LogP contribution in [0.4, 0.5) is 4.79 Å². The van der Waals surface area contributed by atoms with Crippen molar-refractivity contribution in [3.8, 4) is 0 Å². The average molecular weight is 386 g/mol. The number of para-hydroxylation sites is 2. The van der Waals surface area contributed by atoms with E-state index < -0.39 is 17.3 Å². The number of rotatable bonds is 4. The first kappa shape index (κ1) is 18.3. The Balaban J connectivity index is 1.44. The van der Waals surface area contributed by atoms with E-state index in [-0.39, 0.29) is 24.3 Å². The van der Waals surface area contributed by atoms with Crippen LogP contribution in [0.25, 0.3) is 11.1 Å². The van der Waals surface area contributed by atoms with Crippen LogP contribution >= 0.6 is 0 Å². The van der Waals surface area contributed by atoms with E-state index in [2.05, 4.69) is 10.6 Å². The third-order valence-corrected chi connectivity index (χ3v) is 5.94. The minimum atomic E-state index is -0.899. The number of amides is 4. The number of fused-ring (bicyclic) bond motifs is 1. The Morgan fingerprint density at radius 1 is 1.21 bits per heavy atom. The summed E-state index contributed by atoms with van der Waals surface area (Å²) >= 11 is 0. The van der Waals surface area contributed by atoms with Crippen molar-refractivity contribution in [3.05, 3.63) is 34.8 Å². The van der Waals surface area contributed by atoms with Crippen LogP contribution in [0.3, 0.4) is 0 Å². The topological polar surface area (TPSA) is 114 Å². The van der Waals surface area contributed by atoms with E-state index in [9.17, 15) is 19.2 Å². The van der Waals surface area contributed by atoms with Gasteiger partial charge in [-0.05, 0) is 37.3 Å². The molecule has 28 heavy (non-hydrogen) atoms. The Morgan fingerprint density at radius 2 is 1.93 bits per heavy atom. The summed E-state index contributed by atoms with van der Waals surface area (Å²) in [6.07, 6.45) is 1.71. The summed E-state index contributed by atoms with van der Waals surface area (Å²) in [5.74, 6) is -1.05. The lowest BCUT2D eigenvalue weighted by Crippen LogP contribution is -2.56. The second-order valence-electron chi connectivity index (χ2n) is 7.31. The Labute approximate surface area is 160 Å². The number of benzene rings is 1. The molecular weight excluding hydrogens is 364 g/mol. The molecule has 1 aromatic carbocycles. The largest absolute Gasteiger partial charge is 0.420 e. The summed E-state index contributed by atoms with van der Waals surface area (Å²) in [5, 5.41) is 5.11. The first-order valence-corrected chi connectivity index (χ1v) is 9.44. The first-order valence-electron chi connectivity index (χ1n) is 9.44. The van der Waals surface area contributed by atoms with Gasteiger partial charge in [-0.3, -0.25) is 19.5 Å². The highest BCUT2D eigenvalue weighted by Crippen LogP contribution is 2.33. The summed E-state index contributed by atoms with van der Waals surface area (Å²) in [6, 6.07) is 6.52. The van der Waals surface area contributed by atoms with Crippen LogP contribution in [-0.2, 0) is 16.1 Å². The fraction of sp³-hybridized carbons (Fsp3) is 0.474. The molecular formula is C19H22N4O5. The van der Waals surface area contributed by atoms with Crippen molar-refractivity contribution >= 4 is 28.9 Å². The molecule has 2 aliphatic rings. The van der Waals surface area contributed by atoms with Gasteiger partial charge in [0.2, 0.25) is 5.91 Å². The number of piperidine rings is 1. The SMILES string of the molecule is CC[C@]1(C2CCN(C(=O)Cn3c(=O)oc4ccccc43)CC2)NC(=O)NC1=O. The summed E-state index contributed by atoms with van der Waals surface area (Å²) in [5.41, 5.74) is 0.141. The molecule has 2 saturated heterocycles. The van der Waals surface area contributed by atoms with Crippen molar-refractivity contribution < 1.29 is 18.8 Å². The van der Waals surface area contributed by atoms with Gasteiger partial charge in [0, 0.05) is 13.1 Å². The zero-order valence-corrected chi connectivity index (χ0v) is 15.6. The summed E-state index contributed by atoms with van der Waals surface area (Å²) in [7, 11) is 0. The van der Waals surface area contributed by atoms with Crippen LogP contribution in [-0.4, -0.2) is 45.9 Å². The van der Waals surface area contributed by atoms with E-state index in [1.807, 2.05) is 6.92 Å². The third-order valence-electron chi connectivity index (χ3n) is 5.94. The number of carbonyl (C=O) groups excluding carboxylic acids is 3. The lowest BCUT2D eigenvalue weighted by Gasteiger charge is -2.40. The third kappa shape index (κ3) is 2.87. The Kier molecular flexibility index (Phi) is 4.44. The number of nitrogens with zero attached hydrogens (tertiary/aromatic N) is 2. The molecule has 3 heterocycles. The molecule has 1 aromatic heterocycles.